The van der Waals surface area contributed by atoms with E-state index in [2.05, 4.69) is 15.9 Å². The number of Topliss-reactive ketones (excluding diaryl/α,β-unsaturated/α-hetero) is 1. The van der Waals surface area contributed by atoms with Crippen molar-refractivity contribution in [3.8, 4) is 23.0 Å². The van der Waals surface area contributed by atoms with E-state index in [-0.39, 0.29) is 18.0 Å². The zero-order valence-corrected chi connectivity index (χ0v) is 19.1. The van der Waals surface area contributed by atoms with E-state index < -0.39 is 5.79 Å². The van der Waals surface area contributed by atoms with Crippen molar-refractivity contribution in [2.24, 2.45) is 0 Å². The van der Waals surface area contributed by atoms with Crippen LogP contribution in [-0.2, 0) is 12.4 Å². The summed E-state index contributed by atoms with van der Waals surface area (Å²) in [5, 5.41) is 11.7. The Kier molecular flexibility index (Phi) is 4.59. The summed E-state index contributed by atoms with van der Waals surface area (Å²) in [6.07, 6.45) is 0.629. The number of hydrogen-bond donors (Lipinski definition) is 1. The lowest BCUT2D eigenvalue weighted by Crippen LogP contribution is -2.45. The number of ether oxygens (including phenoxy) is 3. The fourth-order valence-corrected chi connectivity index (χ4v) is 5.04. The normalized spacial score (nSPS) is 18.5. The van der Waals surface area contributed by atoms with E-state index in [9.17, 15) is 9.90 Å². The van der Waals surface area contributed by atoms with Crippen molar-refractivity contribution in [3.63, 3.8) is 0 Å². The molecule has 0 unspecified atom stereocenters. The van der Waals surface area contributed by atoms with Gasteiger partial charge in [0.15, 0.2) is 11.5 Å². The summed E-state index contributed by atoms with van der Waals surface area (Å²) in [5.41, 5.74) is 2.15. The first-order valence-electron chi connectivity index (χ1n) is 10.7. The monoisotopic (exact) mass is 502 g/mol. The molecule has 2 aliphatic rings. The summed E-state index contributed by atoms with van der Waals surface area (Å²) in [7, 11) is 0. The molecule has 1 N–H and O–H groups in total. The number of carbonyl (C=O) groups excluding carboxylic acids is 1. The Morgan fingerprint density at radius 3 is 2.67 bits per heavy atom. The van der Waals surface area contributed by atoms with Crippen molar-refractivity contribution in [3.05, 3.63) is 94.0 Å². The lowest BCUT2D eigenvalue weighted by molar-refractivity contribution is -0.135. The highest BCUT2D eigenvalue weighted by Gasteiger charge is 2.48. The number of halogens is 1. The molecule has 0 saturated heterocycles. The molecule has 4 aromatic carbocycles. The predicted molar refractivity (Wildman–Crippen MR) is 127 cm³/mol. The summed E-state index contributed by atoms with van der Waals surface area (Å²) < 4.78 is 19.8. The van der Waals surface area contributed by atoms with Gasteiger partial charge in [0.25, 0.3) is 5.79 Å². The van der Waals surface area contributed by atoms with Crippen LogP contribution >= 0.6 is 15.9 Å². The molecule has 1 heterocycles. The Labute approximate surface area is 198 Å². The molecule has 0 amide bonds. The maximum atomic E-state index is 13.1. The molecule has 0 aromatic heterocycles. The first-order valence-corrected chi connectivity index (χ1v) is 11.5. The van der Waals surface area contributed by atoms with Crippen LogP contribution < -0.4 is 14.2 Å². The standard InChI is InChI=1S/C27H19BrO5/c28-19-10-9-17-20(29)11-12-23-24(17)26(19)33-27(32-23)14-13-21(30)25-18(27)7-4-8-22(25)31-15-16-5-2-1-3-6-16/h1-12,29H,13-15H2/t27-/m0/s1. The topological polar surface area (TPSA) is 65.0 Å². The van der Waals surface area contributed by atoms with Gasteiger partial charge in [0, 0.05) is 18.2 Å². The number of fused-ring (bicyclic) bond motifs is 2. The van der Waals surface area contributed by atoms with Gasteiger partial charge in [0.2, 0.25) is 0 Å². The number of ketones is 1. The van der Waals surface area contributed by atoms with Gasteiger partial charge in [-0.2, -0.15) is 0 Å². The fourth-order valence-electron chi connectivity index (χ4n) is 4.63. The predicted octanol–water partition coefficient (Wildman–Crippen LogP) is 6.49. The number of phenolic OH excluding ortho intramolecular Hbond substituents is 1. The molecule has 1 spiro atoms. The highest BCUT2D eigenvalue weighted by Crippen LogP contribution is 2.53. The Bertz CT molecular complexity index is 1420. The quantitative estimate of drug-likeness (QED) is 0.347. The number of rotatable bonds is 3. The van der Waals surface area contributed by atoms with E-state index in [1.165, 1.54) is 0 Å². The van der Waals surface area contributed by atoms with Crippen LogP contribution in [0.4, 0.5) is 0 Å². The van der Waals surface area contributed by atoms with Crippen LogP contribution in [0.1, 0.15) is 34.3 Å². The molecule has 0 bridgehead atoms. The summed E-state index contributed by atoms with van der Waals surface area (Å²) in [5.74, 6) is 0.681. The van der Waals surface area contributed by atoms with E-state index >= 15 is 0 Å². The van der Waals surface area contributed by atoms with Crippen LogP contribution in [0, 0.1) is 0 Å². The van der Waals surface area contributed by atoms with Gasteiger partial charge in [-0.05, 0) is 51.8 Å². The highest BCUT2D eigenvalue weighted by molar-refractivity contribution is 9.10. The average Bonchev–Trinajstić information content (AvgIpc) is 2.84. The Morgan fingerprint density at radius 1 is 0.970 bits per heavy atom. The fraction of sp³-hybridized carbons (Fsp3) is 0.148. The molecule has 1 aliphatic carbocycles. The zero-order chi connectivity index (χ0) is 22.6. The molecule has 164 valence electrons. The SMILES string of the molecule is O=C1CC[C@@]2(Oc3ccc(O)c4ccc(Br)c(c34)O2)c2cccc(OCc3ccccc3)c21. The lowest BCUT2D eigenvalue weighted by Gasteiger charge is -2.42. The third kappa shape index (κ3) is 3.16. The number of carbonyl (C=O) groups is 1. The van der Waals surface area contributed by atoms with E-state index in [0.29, 0.717) is 52.2 Å². The molecular weight excluding hydrogens is 484 g/mol. The van der Waals surface area contributed by atoms with Gasteiger partial charge in [0.1, 0.15) is 23.9 Å². The van der Waals surface area contributed by atoms with E-state index in [0.717, 1.165) is 10.0 Å². The number of phenols is 1. The molecule has 4 aromatic rings. The van der Waals surface area contributed by atoms with Crippen LogP contribution in [0.15, 0.2) is 77.3 Å². The van der Waals surface area contributed by atoms with Crippen molar-refractivity contribution in [2.75, 3.05) is 0 Å². The van der Waals surface area contributed by atoms with Gasteiger partial charge in [-0.25, -0.2) is 0 Å². The number of hydrogen-bond acceptors (Lipinski definition) is 5. The minimum atomic E-state index is -1.17. The van der Waals surface area contributed by atoms with Crippen molar-refractivity contribution in [2.45, 2.75) is 25.2 Å². The van der Waals surface area contributed by atoms with Gasteiger partial charge in [-0.1, -0.05) is 42.5 Å². The van der Waals surface area contributed by atoms with Gasteiger partial charge in [-0.3, -0.25) is 4.79 Å². The first kappa shape index (κ1) is 20.1. The number of aromatic hydroxyl groups is 1. The zero-order valence-electron chi connectivity index (χ0n) is 17.5. The minimum Gasteiger partial charge on any atom is -0.507 e. The lowest BCUT2D eigenvalue weighted by atomic mass is 9.84. The minimum absolute atomic E-state index is 0.000244. The molecule has 0 fully saturated rings. The highest BCUT2D eigenvalue weighted by atomic mass is 79.9. The molecule has 1 aliphatic heterocycles. The molecule has 0 radical (unpaired) electrons. The maximum absolute atomic E-state index is 13.1. The van der Waals surface area contributed by atoms with Crippen LogP contribution in [0.25, 0.3) is 10.8 Å². The number of benzene rings is 4. The molecular formula is C27H19BrO5. The van der Waals surface area contributed by atoms with E-state index in [1.807, 2.05) is 60.7 Å². The Balaban J connectivity index is 1.46. The Morgan fingerprint density at radius 2 is 1.82 bits per heavy atom. The molecule has 33 heavy (non-hydrogen) atoms. The van der Waals surface area contributed by atoms with Crippen molar-refractivity contribution < 1.29 is 24.1 Å². The second-order valence-corrected chi connectivity index (χ2v) is 9.07. The smallest absolute Gasteiger partial charge is 0.279 e. The van der Waals surface area contributed by atoms with E-state index in [4.69, 9.17) is 14.2 Å². The first-order chi connectivity index (χ1) is 16.1. The molecule has 6 rings (SSSR count). The van der Waals surface area contributed by atoms with Crippen LogP contribution in [-0.4, -0.2) is 10.9 Å². The van der Waals surface area contributed by atoms with Gasteiger partial charge in [0.05, 0.1) is 21.0 Å². The van der Waals surface area contributed by atoms with E-state index in [1.54, 1.807) is 12.1 Å². The maximum Gasteiger partial charge on any atom is 0.279 e. The molecule has 5 nitrogen and oxygen atoms in total. The average molecular weight is 503 g/mol. The van der Waals surface area contributed by atoms with Gasteiger partial charge < -0.3 is 19.3 Å². The summed E-state index contributed by atoms with van der Waals surface area (Å²) in [6.45, 7) is 0.353. The molecule has 6 heteroatoms. The second-order valence-electron chi connectivity index (χ2n) is 8.22. The van der Waals surface area contributed by atoms with Crippen LogP contribution in [0.3, 0.4) is 0 Å². The largest absolute Gasteiger partial charge is 0.507 e. The van der Waals surface area contributed by atoms with Gasteiger partial charge in [-0.15, -0.1) is 0 Å². The van der Waals surface area contributed by atoms with Crippen molar-refractivity contribution >= 4 is 32.5 Å². The molecule has 1 atom stereocenters. The Hall–Kier alpha value is -3.51. The molecule has 0 saturated carbocycles. The van der Waals surface area contributed by atoms with Gasteiger partial charge >= 0.3 is 0 Å². The third-order valence-corrected chi connectivity index (χ3v) is 6.82. The summed E-state index contributed by atoms with van der Waals surface area (Å²) in [6, 6.07) is 22.4. The second kappa shape index (κ2) is 7.52. The van der Waals surface area contributed by atoms with Crippen molar-refractivity contribution in [1.29, 1.82) is 0 Å². The third-order valence-electron chi connectivity index (χ3n) is 6.20. The summed E-state index contributed by atoms with van der Waals surface area (Å²) >= 11 is 3.58. The van der Waals surface area contributed by atoms with Crippen LogP contribution in [0.5, 0.6) is 23.0 Å². The van der Waals surface area contributed by atoms with Crippen molar-refractivity contribution in [1.82, 2.24) is 0 Å². The van der Waals surface area contributed by atoms with Crippen LogP contribution in [0.2, 0.25) is 0 Å². The summed E-state index contributed by atoms with van der Waals surface area (Å²) in [4.78, 5) is 13.1.